The Balaban J connectivity index is 1.90. The van der Waals surface area contributed by atoms with Crippen molar-refractivity contribution in [2.75, 3.05) is 6.54 Å². The largest absolute Gasteiger partial charge is 0.312 e. The molecule has 0 heterocycles. The summed E-state index contributed by atoms with van der Waals surface area (Å²) < 4.78 is 13.5. The van der Waals surface area contributed by atoms with Crippen molar-refractivity contribution < 1.29 is 4.39 Å². The molecule has 0 amide bonds. The van der Waals surface area contributed by atoms with Gasteiger partial charge in [-0.2, -0.15) is 0 Å². The Bertz CT molecular complexity index is 318. The lowest BCUT2D eigenvalue weighted by Crippen LogP contribution is -2.17. The van der Waals surface area contributed by atoms with E-state index < -0.39 is 0 Å². The van der Waals surface area contributed by atoms with E-state index in [1.807, 2.05) is 12.1 Å². The second kappa shape index (κ2) is 4.09. The molecule has 1 N–H and O–H groups in total. The minimum atomic E-state index is -0.0594. The second-order valence-corrected chi connectivity index (χ2v) is 4.12. The van der Waals surface area contributed by atoms with Gasteiger partial charge in [0.05, 0.1) is 0 Å². The zero-order chi connectivity index (χ0) is 9.97. The SMILES string of the molecule is Cc1cccc(CNCC2CC2)c1F. The van der Waals surface area contributed by atoms with E-state index in [0.717, 1.165) is 23.6 Å². The molecule has 1 aromatic carbocycles. The summed E-state index contributed by atoms with van der Waals surface area (Å²) in [6.45, 7) is 3.50. The van der Waals surface area contributed by atoms with Crippen LogP contribution in [0.3, 0.4) is 0 Å². The number of rotatable bonds is 4. The van der Waals surface area contributed by atoms with E-state index in [0.29, 0.717) is 6.54 Å². The first-order valence-electron chi connectivity index (χ1n) is 5.22. The normalized spacial score (nSPS) is 15.9. The predicted molar refractivity (Wildman–Crippen MR) is 55.6 cm³/mol. The van der Waals surface area contributed by atoms with E-state index in [9.17, 15) is 4.39 Å². The number of halogens is 1. The molecule has 14 heavy (non-hydrogen) atoms. The highest BCUT2D eigenvalue weighted by Crippen LogP contribution is 2.27. The summed E-state index contributed by atoms with van der Waals surface area (Å²) in [6.07, 6.45) is 2.67. The average Bonchev–Trinajstić information content (AvgIpc) is 2.96. The predicted octanol–water partition coefficient (Wildman–Crippen LogP) is 2.63. The zero-order valence-electron chi connectivity index (χ0n) is 8.52. The molecule has 1 saturated carbocycles. The number of hydrogen-bond donors (Lipinski definition) is 1. The smallest absolute Gasteiger partial charge is 0.130 e. The van der Waals surface area contributed by atoms with Crippen LogP contribution in [0.1, 0.15) is 24.0 Å². The van der Waals surface area contributed by atoms with Gasteiger partial charge in [0.15, 0.2) is 0 Å². The lowest BCUT2D eigenvalue weighted by Gasteiger charge is -2.06. The molecule has 1 nitrogen and oxygen atoms in total. The number of benzene rings is 1. The topological polar surface area (TPSA) is 12.0 Å². The molecule has 1 aliphatic rings. The summed E-state index contributed by atoms with van der Waals surface area (Å²) in [5.41, 5.74) is 1.52. The Labute approximate surface area is 84.3 Å². The maximum absolute atomic E-state index is 13.5. The Morgan fingerprint density at radius 1 is 1.43 bits per heavy atom. The highest BCUT2D eigenvalue weighted by Gasteiger charge is 2.20. The maximum Gasteiger partial charge on any atom is 0.130 e. The molecule has 0 saturated heterocycles. The standard InChI is InChI=1S/C12H16FN/c1-9-3-2-4-11(12(9)13)8-14-7-10-5-6-10/h2-4,10,14H,5-8H2,1H3. The summed E-state index contributed by atoms with van der Waals surface area (Å²) in [4.78, 5) is 0. The van der Waals surface area contributed by atoms with Gasteiger partial charge in [-0.3, -0.25) is 0 Å². The van der Waals surface area contributed by atoms with Crippen LogP contribution >= 0.6 is 0 Å². The molecule has 0 aliphatic heterocycles. The van der Waals surface area contributed by atoms with Crippen LogP contribution in [0, 0.1) is 18.7 Å². The lowest BCUT2D eigenvalue weighted by molar-refractivity contribution is 0.572. The van der Waals surface area contributed by atoms with Crippen LogP contribution in [0.5, 0.6) is 0 Å². The third kappa shape index (κ3) is 2.32. The van der Waals surface area contributed by atoms with E-state index in [1.165, 1.54) is 12.8 Å². The van der Waals surface area contributed by atoms with Crippen LogP contribution in [0.15, 0.2) is 18.2 Å². The van der Waals surface area contributed by atoms with Gasteiger partial charge in [0.1, 0.15) is 5.82 Å². The van der Waals surface area contributed by atoms with E-state index in [4.69, 9.17) is 0 Å². The highest BCUT2D eigenvalue weighted by molar-refractivity contribution is 5.24. The fourth-order valence-electron chi connectivity index (χ4n) is 1.58. The van der Waals surface area contributed by atoms with Gasteiger partial charge >= 0.3 is 0 Å². The van der Waals surface area contributed by atoms with Gasteiger partial charge in [-0.05, 0) is 37.8 Å². The summed E-state index contributed by atoms with van der Waals surface area (Å²) >= 11 is 0. The van der Waals surface area contributed by atoms with Gasteiger partial charge in [-0.1, -0.05) is 18.2 Å². The molecule has 76 valence electrons. The molecule has 0 spiro atoms. The molecule has 0 unspecified atom stereocenters. The molecule has 0 aromatic heterocycles. The van der Waals surface area contributed by atoms with Crippen molar-refractivity contribution in [3.05, 3.63) is 35.1 Å². The quantitative estimate of drug-likeness (QED) is 0.775. The van der Waals surface area contributed by atoms with Crippen LogP contribution < -0.4 is 5.32 Å². The van der Waals surface area contributed by atoms with Crippen LogP contribution in [0.4, 0.5) is 4.39 Å². The van der Waals surface area contributed by atoms with Crippen LogP contribution in [-0.2, 0) is 6.54 Å². The number of aryl methyl sites for hydroxylation is 1. The number of hydrogen-bond acceptors (Lipinski definition) is 1. The fraction of sp³-hybridized carbons (Fsp3) is 0.500. The van der Waals surface area contributed by atoms with E-state index >= 15 is 0 Å². The summed E-state index contributed by atoms with van der Waals surface area (Å²) in [7, 11) is 0. The summed E-state index contributed by atoms with van der Waals surface area (Å²) in [6, 6.07) is 5.56. The van der Waals surface area contributed by atoms with Crippen molar-refractivity contribution in [3.63, 3.8) is 0 Å². The maximum atomic E-state index is 13.5. The Morgan fingerprint density at radius 3 is 2.93 bits per heavy atom. The van der Waals surface area contributed by atoms with E-state index in [1.54, 1.807) is 13.0 Å². The minimum Gasteiger partial charge on any atom is -0.312 e. The first-order valence-corrected chi connectivity index (χ1v) is 5.22. The molecule has 2 heteroatoms. The van der Waals surface area contributed by atoms with E-state index in [-0.39, 0.29) is 5.82 Å². The van der Waals surface area contributed by atoms with Crippen LogP contribution in [0.2, 0.25) is 0 Å². The van der Waals surface area contributed by atoms with Crippen LogP contribution in [0.25, 0.3) is 0 Å². The van der Waals surface area contributed by atoms with Gasteiger partial charge in [-0.25, -0.2) is 4.39 Å². The molecule has 1 fully saturated rings. The molecule has 0 atom stereocenters. The molecule has 1 aliphatic carbocycles. The second-order valence-electron chi connectivity index (χ2n) is 4.12. The third-order valence-corrected chi connectivity index (χ3v) is 2.72. The van der Waals surface area contributed by atoms with Crippen molar-refractivity contribution in [3.8, 4) is 0 Å². The molecular formula is C12H16FN. The van der Waals surface area contributed by atoms with Crippen molar-refractivity contribution in [2.45, 2.75) is 26.3 Å². The Morgan fingerprint density at radius 2 is 2.21 bits per heavy atom. The summed E-state index contributed by atoms with van der Waals surface area (Å²) in [5.74, 6) is 0.790. The zero-order valence-corrected chi connectivity index (χ0v) is 8.52. The lowest BCUT2D eigenvalue weighted by atomic mass is 10.1. The Hall–Kier alpha value is -0.890. The van der Waals surface area contributed by atoms with Gasteiger partial charge < -0.3 is 5.32 Å². The van der Waals surface area contributed by atoms with Gasteiger partial charge in [0.25, 0.3) is 0 Å². The molecule has 0 radical (unpaired) electrons. The Kier molecular flexibility index (Phi) is 2.82. The fourth-order valence-corrected chi connectivity index (χ4v) is 1.58. The highest BCUT2D eigenvalue weighted by atomic mass is 19.1. The van der Waals surface area contributed by atoms with Crippen molar-refractivity contribution in [2.24, 2.45) is 5.92 Å². The van der Waals surface area contributed by atoms with Crippen molar-refractivity contribution in [1.82, 2.24) is 5.32 Å². The number of nitrogens with one attached hydrogen (secondary N) is 1. The van der Waals surface area contributed by atoms with E-state index in [2.05, 4.69) is 5.32 Å². The monoisotopic (exact) mass is 193 g/mol. The molecule has 1 aromatic rings. The first-order chi connectivity index (χ1) is 6.77. The van der Waals surface area contributed by atoms with Gasteiger partial charge in [0.2, 0.25) is 0 Å². The average molecular weight is 193 g/mol. The third-order valence-electron chi connectivity index (χ3n) is 2.72. The molecule has 0 bridgehead atoms. The molecule has 2 rings (SSSR count). The van der Waals surface area contributed by atoms with Gasteiger partial charge in [-0.15, -0.1) is 0 Å². The minimum absolute atomic E-state index is 0.0594. The summed E-state index contributed by atoms with van der Waals surface area (Å²) in [5, 5.41) is 3.29. The van der Waals surface area contributed by atoms with Crippen molar-refractivity contribution >= 4 is 0 Å². The van der Waals surface area contributed by atoms with Crippen molar-refractivity contribution in [1.29, 1.82) is 0 Å². The first kappa shape index (κ1) is 9.66. The van der Waals surface area contributed by atoms with Crippen LogP contribution in [-0.4, -0.2) is 6.54 Å². The van der Waals surface area contributed by atoms with Gasteiger partial charge in [0, 0.05) is 12.1 Å². The molecular weight excluding hydrogens is 177 g/mol.